The number of thiophene rings is 1. The Kier molecular flexibility index (Phi) is 11.1. The summed E-state index contributed by atoms with van der Waals surface area (Å²) in [4.78, 5) is 51.4. The molecule has 2 aromatic heterocycles. The molecule has 3 fully saturated rings. The minimum absolute atomic E-state index is 0.161. The molecule has 286 valence electrons. The second-order valence-corrected chi connectivity index (χ2v) is 16.0. The Morgan fingerprint density at radius 1 is 0.855 bits per heavy atom. The average molecular weight is 760 g/mol. The van der Waals surface area contributed by atoms with Crippen LogP contribution in [0.2, 0.25) is 0 Å². The zero-order valence-electron chi connectivity index (χ0n) is 31.6. The number of hydrogen-bond donors (Lipinski definition) is 2. The van der Waals surface area contributed by atoms with E-state index in [0.29, 0.717) is 30.1 Å². The highest BCUT2D eigenvalue weighted by atomic mass is 32.1. The summed E-state index contributed by atoms with van der Waals surface area (Å²) in [5.41, 5.74) is 6.29. The number of pyridine rings is 1. The number of aromatic nitrogens is 1. The van der Waals surface area contributed by atoms with Crippen LogP contribution < -0.4 is 25.2 Å². The Balaban J connectivity index is 0.812. The van der Waals surface area contributed by atoms with Crippen molar-refractivity contribution in [3.8, 4) is 17.0 Å². The summed E-state index contributed by atoms with van der Waals surface area (Å²) in [6.07, 6.45) is 1.87. The van der Waals surface area contributed by atoms with Gasteiger partial charge in [-0.15, -0.1) is 11.3 Å². The number of benzene rings is 3. The molecule has 0 aliphatic carbocycles. The number of nitrogens with one attached hydrogen (secondary N) is 2. The van der Waals surface area contributed by atoms with Crippen LogP contribution in [-0.2, 0) is 9.59 Å². The van der Waals surface area contributed by atoms with Crippen molar-refractivity contribution in [1.82, 2.24) is 25.4 Å². The number of imide groups is 1. The Morgan fingerprint density at radius 3 is 2.09 bits per heavy atom. The fourth-order valence-electron chi connectivity index (χ4n) is 7.98. The molecule has 2 N–H and O–H groups in total. The zero-order chi connectivity index (χ0) is 37.9. The highest BCUT2D eigenvalue weighted by molar-refractivity contribution is 7.21. The number of carbonyl (C=O) groups excluding carboxylic acids is 3. The minimum Gasteiger partial charge on any atom is -0.490 e. The fourth-order valence-corrected chi connectivity index (χ4v) is 8.96. The Bertz CT molecular complexity index is 2160. The van der Waals surface area contributed by atoms with Crippen molar-refractivity contribution in [2.75, 3.05) is 88.9 Å². The van der Waals surface area contributed by atoms with Crippen molar-refractivity contribution < 1.29 is 19.1 Å². The maximum atomic E-state index is 12.3. The number of anilines is 2. The van der Waals surface area contributed by atoms with Crippen LogP contribution in [0.5, 0.6) is 5.75 Å². The molecule has 3 aliphatic rings. The number of ether oxygens (including phenoxy) is 1. The first-order valence-corrected chi connectivity index (χ1v) is 20.3. The average Bonchev–Trinajstić information content (AvgIpc) is 3.60. The molecule has 0 saturated carbocycles. The molecule has 3 aromatic carbocycles. The van der Waals surface area contributed by atoms with Gasteiger partial charge in [-0.3, -0.25) is 29.5 Å². The third-order valence-corrected chi connectivity index (χ3v) is 12.5. The van der Waals surface area contributed by atoms with E-state index in [2.05, 4.69) is 85.7 Å². The van der Waals surface area contributed by atoms with Crippen LogP contribution in [-0.4, -0.2) is 118 Å². The smallest absolute Gasteiger partial charge is 0.234 e. The second-order valence-electron chi connectivity index (χ2n) is 14.9. The third kappa shape index (κ3) is 8.09. The van der Waals surface area contributed by atoms with Crippen molar-refractivity contribution in [2.24, 2.45) is 0 Å². The molecule has 12 heteroatoms. The molecule has 1 unspecified atom stereocenters. The van der Waals surface area contributed by atoms with Gasteiger partial charge in [0.2, 0.25) is 11.8 Å². The minimum atomic E-state index is -0.238. The Labute approximate surface area is 326 Å². The number of carbonyl (C=O) groups is 3. The monoisotopic (exact) mass is 759 g/mol. The molecule has 3 saturated heterocycles. The molecule has 11 nitrogen and oxygen atoms in total. The van der Waals surface area contributed by atoms with E-state index < -0.39 is 0 Å². The van der Waals surface area contributed by atoms with Gasteiger partial charge in [-0.1, -0.05) is 24.3 Å². The summed E-state index contributed by atoms with van der Waals surface area (Å²) in [6, 6.07) is 25.5. The van der Waals surface area contributed by atoms with Crippen LogP contribution in [0.4, 0.5) is 11.4 Å². The van der Waals surface area contributed by atoms with E-state index in [1.54, 1.807) is 0 Å². The molecule has 5 heterocycles. The van der Waals surface area contributed by atoms with Crippen molar-refractivity contribution in [1.29, 1.82) is 0 Å². The van der Waals surface area contributed by atoms with Gasteiger partial charge < -0.3 is 19.9 Å². The van der Waals surface area contributed by atoms with Crippen LogP contribution in [0.3, 0.4) is 0 Å². The van der Waals surface area contributed by atoms with Gasteiger partial charge in [0, 0.05) is 110 Å². The highest BCUT2D eigenvalue weighted by Crippen LogP contribution is 2.41. The van der Waals surface area contributed by atoms with Gasteiger partial charge in [0.05, 0.1) is 17.1 Å². The predicted octanol–water partition coefficient (Wildman–Crippen LogP) is 5.38. The third-order valence-electron chi connectivity index (χ3n) is 11.5. The van der Waals surface area contributed by atoms with Crippen LogP contribution in [0.1, 0.15) is 40.9 Å². The quantitative estimate of drug-likeness (QED) is 0.127. The summed E-state index contributed by atoms with van der Waals surface area (Å²) < 4.78 is 7.20. The zero-order valence-corrected chi connectivity index (χ0v) is 32.4. The van der Waals surface area contributed by atoms with Crippen molar-refractivity contribution >= 4 is 61.8 Å². The number of rotatable bonds is 12. The number of aldehydes is 1. The topological polar surface area (TPSA) is 110 Å². The fraction of sp³-hybridized carbons (Fsp3) is 0.395. The van der Waals surface area contributed by atoms with E-state index in [1.165, 1.54) is 22.7 Å². The van der Waals surface area contributed by atoms with Gasteiger partial charge in [-0.25, -0.2) is 4.98 Å². The maximum Gasteiger partial charge on any atom is 0.234 e. The lowest BCUT2D eigenvalue weighted by atomic mass is 9.90. The van der Waals surface area contributed by atoms with Crippen LogP contribution in [0, 0.1) is 0 Å². The number of hydrogen-bond acceptors (Lipinski definition) is 11. The van der Waals surface area contributed by atoms with E-state index in [4.69, 9.17) is 9.72 Å². The molecule has 0 bridgehead atoms. The van der Waals surface area contributed by atoms with Gasteiger partial charge in [0.1, 0.15) is 17.2 Å². The summed E-state index contributed by atoms with van der Waals surface area (Å²) in [5.74, 6) is 0.0524. The molecule has 0 radical (unpaired) electrons. The van der Waals surface area contributed by atoms with Gasteiger partial charge in [-0.2, -0.15) is 0 Å². The SMILES string of the molecule is CN[C@H](C)COc1c(C=O)sc2ccc3nc(-c4ccc(N5CCN(CCN6CCN(c7ccc(C8CCC(=O)NC8=O)cc7)CC6)CC5)cc4)ccc3c12. The van der Waals surface area contributed by atoms with Crippen LogP contribution in [0.15, 0.2) is 72.8 Å². The first kappa shape index (κ1) is 37.1. The number of nitrogens with zero attached hydrogens (tertiary/aromatic N) is 5. The number of piperazine rings is 2. The van der Waals surface area contributed by atoms with E-state index in [0.717, 1.165) is 110 Å². The highest BCUT2D eigenvalue weighted by Gasteiger charge is 2.28. The molecular formula is C43H49N7O4S. The number of amides is 2. The molecular weight excluding hydrogens is 711 g/mol. The summed E-state index contributed by atoms with van der Waals surface area (Å²) in [7, 11) is 1.90. The number of likely N-dealkylation sites (N-methyl/N-ethyl adjacent to an activating group) is 1. The Morgan fingerprint density at radius 2 is 1.49 bits per heavy atom. The molecule has 5 aromatic rings. The van der Waals surface area contributed by atoms with Crippen molar-refractivity contribution in [3.63, 3.8) is 0 Å². The van der Waals surface area contributed by atoms with Crippen molar-refractivity contribution in [3.05, 3.63) is 83.2 Å². The molecule has 0 spiro atoms. The van der Waals surface area contributed by atoms with Gasteiger partial charge in [0.25, 0.3) is 0 Å². The molecule has 55 heavy (non-hydrogen) atoms. The molecule has 2 amide bonds. The predicted molar refractivity (Wildman–Crippen MR) is 221 cm³/mol. The lowest BCUT2D eigenvalue weighted by Gasteiger charge is -2.39. The Hall–Kier alpha value is -4.88. The lowest BCUT2D eigenvalue weighted by Crippen LogP contribution is -2.51. The molecule has 2 atom stereocenters. The lowest BCUT2D eigenvalue weighted by molar-refractivity contribution is -0.134. The van der Waals surface area contributed by atoms with Gasteiger partial charge in [-0.05, 0) is 74.5 Å². The maximum absolute atomic E-state index is 12.3. The summed E-state index contributed by atoms with van der Waals surface area (Å²) in [6.45, 7) is 12.9. The van der Waals surface area contributed by atoms with Gasteiger partial charge >= 0.3 is 0 Å². The summed E-state index contributed by atoms with van der Waals surface area (Å²) in [5, 5.41) is 7.60. The normalized spacial score (nSPS) is 19.2. The molecule has 8 rings (SSSR count). The van der Waals surface area contributed by atoms with E-state index in [-0.39, 0.29) is 23.8 Å². The molecule has 3 aliphatic heterocycles. The van der Waals surface area contributed by atoms with Gasteiger partial charge in [0.15, 0.2) is 6.29 Å². The first-order valence-electron chi connectivity index (χ1n) is 19.5. The first-order chi connectivity index (χ1) is 26.9. The standard InChI is InChI=1S/C43H49N7O4S/c1-29(44-2)28-54-42-39(27-51)55-38-15-14-37-35(41(38)42)11-13-36(45-37)31-5-9-33(10-6-31)50-25-21-48(22-26-50)18-17-47-19-23-49(24-20-47)32-7-3-30(4-8-32)34-12-16-40(52)46-43(34)53/h3-11,13-15,27,29,34,44H,12,16-26,28H2,1-2H3,(H,46,52,53)/t29-,34?/m1/s1. The largest absolute Gasteiger partial charge is 0.490 e. The van der Waals surface area contributed by atoms with E-state index in [1.807, 2.05) is 31.3 Å². The number of piperidine rings is 1. The van der Waals surface area contributed by atoms with Crippen molar-refractivity contribution in [2.45, 2.75) is 31.7 Å². The van der Waals surface area contributed by atoms with E-state index in [9.17, 15) is 14.4 Å². The van der Waals surface area contributed by atoms with E-state index >= 15 is 0 Å². The number of fused-ring (bicyclic) bond motifs is 3. The summed E-state index contributed by atoms with van der Waals surface area (Å²) >= 11 is 1.46. The van der Waals surface area contributed by atoms with Crippen LogP contribution in [0.25, 0.3) is 32.2 Å². The second kappa shape index (κ2) is 16.5. The van der Waals surface area contributed by atoms with Crippen LogP contribution >= 0.6 is 11.3 Å².